The molecule has 0 aliphatic heterocycles. The highest BCUT2D eigenvalue weighted by molar-refractivity contribution is 6.37. The predicted molar refractivity (Wildman–Crippen MR) is 117 cm³/mol. The lowest BCUT2D eigenvalue weighted by Gasteiger charge is -2.09. The van der Waals surface area contributed by atoms with E-state index in [1.54, 1.807) is 61.5 Å². The van der Waals surface area contributed by atoms with E-state index < -0.39 is 0 Å². The van der Waals surface area contributed by atoms with Crippen LogP contribution in [0.15, 0.2) is 77.9 Å². The fourth-order valence-corrected chi connectivity index (χ4v) is 3.04. The van der Waals surface area contributed by atoms with Crippen molar-refractivity contribution in [2.75, 3.05) is 5.32 Å². The molecule has 3 aromatic carbocycles. The van der Waals surface area contributed by atoms with E-state index in [0.717, 1.165) is 5.56 Å². The summed E-state index contributed by atoms with van der Waals surface area (Å²) >= 11 is 12.0. The van der Waals surface area contributed by atoms with Crippen molar-refractivity contribution in [2.24, 2.45) is 5.10 Å². The summed E-state index contributed by atoms with van der Waals surface area (Å²) in [6, 6.07) is 20.6. The van der Waals surface area contributed by atoms with E-state index in [2.05, 4.69) is 15.8 Å². The van der Waals surface area contributed by atoms with Gasteiger partial charge in [0.2, 0.25) is 0 Å². The molecule has 0 heterocycles. The van der Waals surface area contributed by atoms with E-state index in [1.165, 1.54) is 6.07 Å². The van der Waals surface area contributed by atoms with Crippen LogP contribution in [-0.2, 0) is 0 Å². The third kappa shape index (κ3) is 5.44. The Morgan fingerprint density at radius 2 is 1.55 bits per heavy atom. The largest absolute Gasteiger partial charge is 0.322 e. The van der Waals surface area contributed by atoms with Gasteiger partial charge in [-0.3, -0.25) is 9.59 Å². The summed E-state index contributed by atoms with van der Waals surface area (Å²) < 4.78 is 0. The van der Waals surface area contributed by atoms with E-state index in [9.17, 15) is 9.59 Å². The third-order valence-electron chi connectivity index (χ3n) is 4.08. The first-order valence-corrected chi connectivity index (χ1v) is 9.46. The number of carbonyl (C=O) groups is 2. The van der Waals surface area contributed by atoms with Gasteiger partial charge in [0.05, 0.1) is 16.3 Å². The van der Waals surface area contributed by atoms with Gasteiger partial charge in [-0.1, -0.05) is 53.5 Å². The van der Waals surface area contributed by atoms with Gasteiger partial charge in [0.1, 0.15) is 0 Å². The van der Waals surface area contributed by atoms with Crippen LogP contribution in [0.25, 0.3) is 0 Å². The van der Waals surface area contributed by atoms with Gasteiger partial charge in [0.25, 0.3) is 11.8 Å². The monoisotopic (exact) mass is 425 g/mol. The number of nitrogens with one attached hydrogen (secondary N) is 2. The number of anilines is 1. The standard InChI is InChI=1S/C22H17Cl2N3O2/c1-14(26-27-21(28)15-6-3-2-4-7-15)16-8-5-9-18(12-16)25-22(29)19-11-10-17(23)13-20(19)24/h2-13H,1H3,(H,25,29)(H,27,28). The van der Waals surface area contributed by atoms with Crippen molar-refractivity contribution in [3.05, 3.63) is 99.5 Å². The maximum absolute atomic E-state index is 12.5. The summed E-state index contributed by atoms with van der Waals surface area (Å²) in [4.78, 5) is 24.6. The van der Waals surface area contributed by atoms with Gasteiger partial charge in [0, 0.05) is 16.3 Å². The van der Waals surface area contributed by atoms with Crippen LogP contribution in [0.1, 0.15) is 33.2 Å². The first-order valence-electron chi connectivity index (χ1n) is 8.70. The lowest BCUT2D eigenvalue weighted by atomic mass is 10.1. The zero-order valence-electron chi connectivity index (χ0n) is 15.4. The molecule has 146 valence electrons. The van der Waals surface area contributed by atoms with Crippen LogP contribution in [0, 0.1) is 0 Å². The number of halogens is 2. The van der Waals surface area contributed by atoms with Crippen molar-refractivity contribution in [3.8, 4) is 0 Å². The highest BCUT2D eigenvalue weighted by Crippen LogP contribution is 2.22. The van der Waals surface area contributed by atoms with Gasteiger partial charge in [-0.05, 0) is 55.0 Å². The summed E-state index contributed by atoms with van der Waals surface area (Å²) in [6.45, 7) is 1.77. The van der Waals surface area contributed by atoms with Crippen LogP contribution >= 0.6 is 23.2 Å². The number of hydrazone groups is 1. The molecule has 2 amide bonds. The number of hydrogen-bond donors (Lipinski definition) is 2. The molecule has 0 atom stereocenters. The quantitative estimate of drug-likeness (QED) is 0.424. The molecule has 0 bridgehead atoms. The molecule has 5 nitrogen and oxygen atoms in total. The van der Waals surface area contributed by atoms with Gasteiger partial charge >= 0.3 is 0 Å². The van der Waals surface area contributed by atoms with E-state index >= 15 is 0 Å². The van der Waals surface area contributed by atoms with Crippen LogP contribution in [0.2, 0.25) is 10.0 Å². The molecular weight excluding hydrogens is 409 g/mol. The van der Waals surface area contributed by atoms with Gasteiger partial charge in [-0.15, -0.1) is 0 Å². The molecule has 7 heteroatoms. The van der Waals surface area contributed by atoms with Crippen molar-refractivity contribution < 1.29 is 9.59 Å². The lowest BCUT2D eigenvalue weighted by molar-refractivity contribution is 0.0954. The normalized spacial score (nSPS) is 11.1. The van der Waals surface area contributed by atoms with Crippen LogP contribution in [0.4, 0.5) is 5.69 Å². The number of rotatable bonds is 5. The van der Waals surface area contributed by atoms with Crippen molar-refractivity contribution in [1.82, 2.24) is 5.43 Å². The summed E-state index contributed by atoms with van der Waals surface area (Å²) in [6.07, 6.45) is 0. The number of benzene rings is 3. The maximum atomic E-state index is 12.5. The predicted octanol–water partition coefficient (Wildman–Crippen LogP) is 5.40. The average molecular weight is 426 g/mol. The first kappa shape index (κ1) is 20.6. The molecule has 2 N–H and O–H groups in total. The molecule has 0 radical (unpaired) electrons. The summed E-state index contributed by atoms with van der Waals surface area (Å²) in [5.74, 6) is -0.650. The summed E-state index contributed by atoms with van der Waals surface area (Å²) in [5, 5.41) is 7.66. The summed E-state index contributed by atoms with van der Waals surface area (Å²) in [7, 11) is 0. The molecule has 3 rings (SSSR count). The molecule has 0 saturated heterocycles. The van der Waals surface area contributed by atoms with E-state index in [1.807, 2.05) is 12.1 Å². The van der Waals surface area contributed by atoms with E-state index in [-0.39, 0.29) is 16.8 Å². The Morgan fingerprint density at radius 3 is 2.28 bits per heavy atom. The molecule has 0 spiro atoms. The van der Waals surface area contributed by atoms with Crippen molar-refractivity contribution >= 4 is 46.4 Å². The fourth-order valence-electron chi connectivity index (χ4n) is 2.55. The average Bonchev–Trinajstić information content (AvgIpc) is 2.72. The van der Waals surface area contributed by atoms with Gasteiger partial charge in [0.15, 0.2) is 0 Å². The highest BCUT2D eigenvalue weighted by atomic mass is 35.5. The molecule has 3 aromatic rings. The number of amides is 2. The van der Waals surface area contributed by atoms with E-state index in [0.29, 0.717) is 27.5 Å². The minimum Gasteiger partial charge on any atom is -0.322 e. The van der Waals surface area contributed by atoms with Crippen molar-refractivity contribution in [2.45, 2.75) is 6.92 Å². The minimum atomic E-state index is -0.351. The lowest BCUT2D eigenvalue weighted by Crippen LogP contribution is -2.19. The number of hydrogen-bond acceptors (Lipinski definition) is 3. The zero-order valence-corrected chi connectivity index (χ0v) is 17.0. The first-order chi connectivity index (χ1) is 13.9. The molecule has 0 aliphatic rings. The van der Waals surface area contributed by atoms with Crippen LogP contribution in [0.3, 0.4) is 0 Å². The fraction of sp³-hybridized carbons (Fsp3) is 0.0455. The Labute approximate surface area is 178 Å². The zero-order chi connectivity index (χ0) is 20.8. The number of carbonyl (C=O) groups excluding carboxylic acids is 2. The topological polar surface area (TPSA) is 70.6 Å². The molecule has 0 unspecified atom stereocenters. The summed E-state index contributed by atoms with van der Waals surface area (Å²) in [5.41, 5.74) is 5.28. The highest BCUT2D eigenvalue weighted by Gasteiger charge is 2.12. The minimum absolute atomic E-state index is 0.271. The Hall–Kier alpha value is -3.15. The maximum Gasteiger partial charge on any atom is 0.271 e. The van der Waals surface area contributed by atoms with Crippen LogP contribution in [0.5, 0.6) is 0 Å². The van der Waals surface area contributed by atoms with Crippen molar-refractivity contribution in [1.29, 1.82) is 0 Å². The van der Waals surface area contributed by atoms with Gasteiger partial charge in [-0.25, -0.2) is 5.43 Å². The third-order valence-corrected chi connectivity index (χ3v) is 4.62. The second kappa shape index (κ2) is 9.37. The SMILES string of the molecule is CC(=NNC(=O)c1ccccc1)c1cccc(NC(=O)c2ccc(Cl)cc2Cl)c1. The number of nitrogens with zero attached hydrogens (tertiary/aromatic N) is 1. The Bertz CT molecular complexity index is 1080. The molecular formula is C22H17Cl2N3O2. The van der Waals surface area contributed by atoms with Crippen LogP contribution in [-0.4, -0.2) is 17.5 Å². The molecule has 29 heavy (non-hydrogen) atoms. The molecule has 0 aromatic heterocycles. The van der Waals surface area contributed by atoms with Crippen LogP contribution < -0.4 is 10.7 Å². The smallest absolute Gasteiger partial charge is 0.271 e. The van der Waals surface area contributed by atoms with E-state index in [4.69, 9.17) is 23.2 Å². The van der Waals surface area contributed by atoms with Crippen molar-refractivity contribution in [3.63, 3.8) is 0 Å². The second-order valence-corrected chi connectivity index (χ2v) is 7.01. The van der Waals surface area contributed by atoms with Gasteiger partial charge in [-0.2, -0.15) is 5.10 Å². The Balaban J connectivity index is 1.71. The Morgan fingerprint density at radius 1 is 0.828 bits per heavy atom. The second-order valence-electron chi connectivity index (χ2n) is 6.16. The molecule has 0 fully saturated rings. The molecule has 0 saturated carbocycles. The molecule has 0 aliphatic carbocycles. The Kier molecular flexibility index (Phi) is 6.65. The van der Waals surface area contributed by atoms with Gasteiger partial charge < -0.3 is 5.32 Å².